The fourth-order valence-electron chi connectivity index (χ4n) is 0.958. The van der Waals surface area contributed by atoms with Gasteiger partial charge in [0.25, 0.3) is 0 Å². The first-order valence-corrected chi connectivity index (χ1v) is 7.48. The summed E-state index contributed by atoms with van der Waals surface area (Å²) in [5.41, 5.74) is 0. The number of amides is 2. The first-order chi connectivity index (χ1) is 8.07. The SMILES string of the molecule is O=CN(CCN(C=O)CS(=O)(=O)[O-])CS(=O)(=O)[O-].[Na+].[Na+]. The Hall–Kier alpha value is 0.760. The Labute approximate surface area is 160 Å². The second-order valence-corrected chi connectivity index (χ2v) is 5.96. The van der Waals surface area contributed by atoms with Crippen molar-refractivity contribution in [2.24, 2.45) is 0 Å². The molecule has 0 fully saturated rings. The van der Waals surface area contributed by atoms with Gasteiger partial charge in [0.1, 0.15) is 32.0 Å². The van der Waals surface area contributed by atoms with E-state index in [4.69, 9.17) is 0 Å². The van der Waals surface area contributed by atoms with Gasteiger partial charge in [0, 0.05) is 13.1 Å². The molecule has 0 aromatic rings. The van der Waals surface area contributed by atoms with Crippen LogP contribution in [0.15, 0.2) is 0 Å². The molecule has 0 aromatic carbocycles. The maximum atomic E-state index is 10.4. The van der Waals surface area contributed by atoms with Gasteiger partial charge in [-0.15, -0.1) is 0 Å². The zero-order valence-electron chi connectivity index (χ0n) is 11.0. The molecule has 0 spiro atoms. The Balaban J connectivity index is -0.00000144. The van der Waals surface area contributed by atoms with E-state index in [9.17, 15) is 35.5 Å². The third-order valence-electron chi connectivity index (χ3n) is 1.62. The van der Waals surface area contributed by atoms with Crippen molar-refractivity contribution in [1.82, 2.24) is 9.80 Å². The zero-order chi connectivity index (χ0) is 14.4. The summed E-state index contributed by atoms with van der Waals surface area (Å²) < 4.78 is 62.2. The number of carbonyl (C=O) groups excluding carboxylic acids is 2. The van der Waals surface area contributed by atoms with E-state index in [0.29, 0.717) is 9.80 Å². The molecule has 0 saturated heterocycles. The molecule has 0 aliphatic rings. The van der Waals surface area contributed by atoms with Crippen molar-refractivity contribution in [3.05, 3.63) is 0 Å². The molecule has 0 saturated carbocycles. The monoisotopic (exact) mass is 348 g/mol. The molecule has 20 heavy (non-hydrogen) atoms. The molecule has 0 atom stereocenters. The van der Waals surface area contributed by atoms with E-state index in [-0.39, 0.29) is 85.0 Å². The van der Waals surface area contributed by atoms with Gasteiger partial charge >= 0.3 is 59.1 Å². The summed E-state index contributed by atoms with van der Waals surface area (Å²) in [5.74, 6) is -2.21. The van der Waals surface area contributed by atoms with Crippen LogP contribution in [0.5, 0.6) is 0 Å². The normalized spacial score (nSPS) is 10.7. The van der Waals surface area contributed by atoms with Gasteiger partial charge in [-0.1, -0.05) is 0 Å². The largest absolute Gasteiger partial charge is 1.00 e. The summed E-state index contributed by atoms with van der Waals surface area (Å²) in [6, 6.07) is 0. The fourth-order valence-corrected chi connectivity index (χ4v) is 2.15. The van der Waals surface area contributed by atoms with Crippen LogP contribution in [-0.4, -0.2) is 73.4 Å². The van der Waals surface area contributed by atoms with Gasteiger partial charge in [-0.3, -0.25) is 9.59 Å². The Morgan fingerprint density at radius 3 is 1.15 bits per heavy atom. The predicted molar refractivity (Wildman–Crippen MR) is 54.7 cm³/mol. The van der Waals surface area contributed by atoms with Gasteiger partial charge in [-0.05, 0) is 0 Å². The van der Waals surface area contributed by atoms with Crippen molar-refractivity contribution in [2.45, 2.75) is 0 Å². The van der Waals surface area contributed by atoms with Crippen LogP contribution in [0.3, 0.4) is 0 Å². The van der Waals surface area contributed by atoms with Gasteiger partial charge in [0.15, 0.2) is 0 Å². The topological polar surface area (TPSA) is 155 Å². The van der Waals surface area contributed by atoms with Crippen LogP contribution in [0, 0.1) is 0 Å². The van der Waals surface area contributed by atoms with Crippen molar-refractivity contribution in [2.75, 3.05) is 24.8 Å². The number of hydrogen-bond donors (Lipinski definition) is 0. The molecule has 0 bridgehead atoms. The van der Waals surface area contributed by atoms with Crippen LogP contribution in [-0.2, 0) is 29.8 Å². The van der Waals surface area contributed by atoms with E-state index in [0.717, 1.165) is 0 Å². The van der Waals surface area contributed by atoms with E-state index in [1.165, 1.54) is 0 Å². The molecule has 0 rings (SSSR count). The number of rotatable bonds is 9. The standard InChI is InChI=1S/C6H12N2O8S2.2Na/c9-3-7(5-17(11,12)13)1-2-8(4-10)6-18(14,15)16;;/h3-4H,1-2,5-6H2,(H,11,12,13)(H,14,15,16);;/q;2*+1/p-2. The van der Waals surface area contributed by atoms with Gasteiger partial charge in [-0.25, -0.2) is 16.8 Å². The average molecular weight is 348 g/mol. The molecular weight excluding hydrogens is 338 g/mol. The Kier molecular flexibility index (Phi) is 14.6. The van der Waals surface area contributed by atoms with Gasteiger partial charge in [0.2, 0.25) is 12.8 Å². The number of nitrogens with zero attached hydrogens (tertiary/aromatic N) is 2. The minimum Gasteiger partial charge on any atom is -0.747 e. The molecule has 0 aromatic heterocycles. The first kappa shape index (κ1) is 25.7. The van der Waals surface area contributed by atoms with Crippen LogP contribution in [0.2, 0.25) is 0 Å². The second-order valence-electron chi connectivity index (χ2n) is 3.21. The van der Waals surface area contributed by atoms with Crippen molar-refractivity contribution >= 4 is 33.1 Å². The van der Waals surface area contributed by atoms with Gasteiger partial charge < -0.3 is 18.9 Å². The predicted octanol–water partition coefficient (Wildman–Crippen LogP) is -9.08. The Bertz CT molecular complexity index is 447. The number of hydrogen-bond acceptors (Lipinski definition) is 8. The molecule has 0 aliphatic heterocycles. The molecule has 0 heterocycles. The van der Waals surface area contributed by atoms with E-state index in [1.807, 2.05) is 0 Å². The van der Waals surface area contributed by atoms with Crippen molar-refractivity contribution < 1.29 is 94.6 Å². The average Bonchev–Trinajstić information content (AvgIpc) is 2.18. The molecular formula is C6H10N2Na2O8S2. The van der Waals surface area contributed by atoms with E-state index >= 15 is 0 Å². The Morgan fingerprint density at radius 2 is 1.00 bits per heavy atom. The maximum absolute atomic E-state index is 10.4. The third-order valence-corrected chi connectivity index (χ3v) is 2.92. The van der Waals surface area contributed by atoms with Gasteiger partial charge in [-0.2, -0.15) is 0 Å². The van der Waals surface area contributed by atoms with Crippen molar-refractivity contribution in [1.29, 1.82) is 0 Å². The molecule has 0 aliphatic carbocycles. The van der Waals surface area contributed by atoms with E-state index < -0.39 is 32.0 Å². The van der Waals surface area contributed by atoms with Crippen LogP contribution in [0.4, 0.5) is 0 Å². The minimum absolute atomic E-state index is 0. The van der Waals surface area contributed by atoms with Crippen LogP contribution in [0.1, 0.15) is 0 Å². The molecule has 10 nitrogen and oxygen atoms in total. The zero-order valence-corrected chi connectivity index (χ0v) is 16.6. The quantitative estimate of drug-likeness (QED) is 0.226. The van der Waals surface area contributed by atoms with Crippen LogP contribution in [0.25, 0.3) is 0 Å². The molecule has 14 heteroatoms. The van der Waals surface area contributed by atoms with Crippen LogP contribution >= 0.6 is 0 Å². The summed E-state index contributed by atoms with van der Waals surface area (Å²) in [4.78, 5) is 21.9. The Morgan fingerprint density at radius 1 is 0.750 bits per heavy atom. The van der Waals surface area contributed by atoms with E-state index in [2.05, 4.69) is 0 Å². The second kappa shape index (κ2) is 11.3. The molecule has 2 amide bonds. The smallest absolute Gasteiger partial charge is 0.747 e. The molecule has 0 radical (unpaired) electrons. The molecule has 0 unspecified atom stereocenters. The summed E-state index contributed by atoms with van der Waals surface area (Å²) in [7, 11) is -9.33. The molecule has 106 valence electrons. The summed E-state index contributed by atoms with van der Waals surface area (Å²) >= 11 is 0. The fraction of sp³-hybridized carbons (Fsp3) is 0.667. The van der Waals surface area contributed by atoms with Crippen molar-refractivity contribution in [3.8, 4) is 0 Å². The molecule has 0 N–H and O–H groups in total. The number of carbonyl (C=O) groups is 2. The van der Waals surface area contributed by atoms with Crippen LogP contribution < -0.4 is 59.1 Å². The maximum Gasteiger partial charge on any atom is 1.00 e. The summed E-state index contributed by atoms with van der Waals surface area (Å²) in [6.45, 7) is -0.779. The van der Waals surface area contributed by atoms with Crippen molar-refractivity contribution in [3.63, 3.8) is 0 Å². The van der Waals surface area contributed by atoms with E-state index in [1.54, 1.807) is 0 Å². The minimum atomic E-state index is -4.67. The first-order valence-electron chi connectivity index (χ1n) is 4.33. The van der Waals surface area contributed by atoms with Gasteiger partial charge in [0.05, 0.1) is 0 Å². The summed E-state index contributed by atoms with van der Waals surface area (Å²) in [6.07, 6.45) is 0.119. The third kappa shape index (κ3) is 15.2. The summed E-state index contributed by atoms with van der Waals surface area (Å²) in [5, 5.41) is 0.